The van der Waals surface area contributed by atoms with Gasteiger partial charge >= 0.3 is 0 Å². The molecule has 0 aliphatic heterocycles. The third kappa shape index (κ3) is 5.31. The molecule has 25 heavy (non-hydrogen) atoms. The first-order valence-corrected chi connectivity index (χ1v) is 10.9. The minimum absolute atomic E-state index is 0.174. The summed E-state index contributed by atoms with van der Waals surface area (Å²) in [7, 11) is 0. The highest BCUT2D eigenvalue weighted by atomic mass is 32.2. The van der Waals surface area contributed by atoms with Crippen molar-refractivity contribution in [2.45, 2.75) is 57.2 Å². The molecule has 7 heteroatoms. The lowest BCUT2D eigenvalue weighted by Crippen LogP contribution is -2.33. The fourth-order valence-corrected chi connectivity index (χ4v) is 4.93. The van der Waals surface area contributed by atoms with Gasteiger partial charge in [0.25, 0.3) is 5.89 Å². The quantitative estimate of drug-likeness (QED) is 0.671. The molecule has 0 radical (unpaired) electrons. The number of thiophene rings is 1. The molecule has 0 aromatic carbocycles. The molecule has 1 saturated carbocycles. The number of nitrogens with zero attached hydrogens (tertiary/aromatic N) is 3. The van der Waals surface area contributed by atoms with Gasteiger partial charge in [-0.2, -0.15) is 0 Å². The summed E-state index contributed by atoms with van der Waals surface area (Å²) in [6.45, 7) is 3.20. The number of aromatic nitrogens is 2. The number of hydrogen-bond donors (Lipinski definition) is 0. The first-order valence-electron chi connectivity index (χ1n) is 9.02. The Balaban J connectivity index is 1.55. The number of carbonyl (C=O) groups is 1. The molecule has 2 aromatic heterocycles. The molecule has 2 aromatic rings. The summed E-state index contributed by atoms with van der Waals surface area (Å²) >= 11 is 3.39. The number of carbonyl (C=O) groups excluding carboxylic acids is 1. The average molecular weight is 380 g/mol. The van der Waals surface area contributed by atoms with Gasteiger partial charge in [0.2, 0.25) is 11.8 Å². The lowest BCUT2D eigenvalue weighted by atomic mass is 10.0. The van der Waals surface area contributed by atoms with Crippen molar-refractivity contribution in [3.8, 4) is 10.8 Å². The molecule has 0 spiro atoms. The maximum absolute atomic E-state index is 12.6. The molecule has 5 nitrogen and oxygen atoms in total. The van der Waals surface area contributed by atoms with Crippen LogP contribution in [-0.2, 0) is 11.3 Å². The summed E-state index contributed by atoms with van der Waals surface area (Å²) in [6, 6.07) is 3.91. The van der Waals surface area contributed by atoms with Crippen LogP contribution in [0.2, 0.25) is 0 Å². The van der Waals surface area contributed by atoms with E-state index in [0.717, 1.165) is 17.8 Å². The predicted octanol–water partition coefficient (Wildman–Crippen LogP) is 4.60. The van der Waals surface area contributed by atoms with E-state index in [0.29, 0.717) is 29.3 Å². The van der Waals surface area contributed by atoms with Gasteiger partial charge in [0, 0.05) is 11.8 Å². The van der Waals surface area contributed by atoms with Gasteiger partial charge in [-0.15, -0.1) is 33.3 Å². The zero-order chi connectivity index (χ0) is 17.5. The summed E-state index contributed by atoms with van der Waals surface area (Å²) < 4.78 is 5.74. The van der Waals surface area contributed by atoms with Gasteiger partial charge < -0.3 is 9.32 Å². The van der Waals surface area contributed by atoms with Crippen LogP contribution < -0.4 is 0 Å². The van der Waals surface area contributed by atoms with E-state index in [-0.39, 0.29) is 5.91 Å². The molecule has 0 bridgehead atoms. The van der Waals surface area contributed by atoms with Gasteiger partial charge in [-0.25, -0.2) is 0 Å². The molecule has 0 N–H and O–H groups in total. The maximum Gasteiger partial charge on any atom is 0.257 e. The van der Waals surface area contributed by atoms with Crippen molar-refractivity contribution in [2.24, 2.45) is 0 Å². The van der Waals surface area contributed by atoms with Crippen molar-refractivity contribution in [1.82, 2.24) is 15.1 Å². The summed E-state index contributed by atoms with van der Waals surface area (Å²) in [5, 5.41) is 10.8. The standard InChI is InChI=1S/C18H25N3O2S2/c1-2-10-21(17(22)13-25-14-7-4-3-5-8-14)12-16-19-20-18(23-16)15-9-6-11-24-15/h6,9,11,14H,2-5,7-8,10,12-13H2,1H3. The van der Waals surface area contributed by atoms with Crippen molar-refractivity contribution in [1.29, 1.82) is 0 Å². The Morgan fingerprint density at radius 2 is 2.20 bits per heavy atom. The second-order valence-electron chi connectivity index (χ2n) is 6.36. The van der Waals surface area contributed by atoms with Crippen LogP contribution in [0.3, 0.4) is 0 Å². The Hall–Kier alpha value is -1.34. The molecule has 1 aliphatic carbocycles. The van der Waals surface area contributed by atoms with Crippen LogP contribution in [0, 0.1) is 0 Å². The van der Waals surface area contributed by atoms with Crippen LogP contribution in [0.5, 0.6) is 0 Å². The van der Waals surface area contributed by atoms with Crippen LogP contribution in [0.15, 0.2) is 21.9 Å². The molecule has 2 heterocycles. The third-order valence-electron chi connectivity index (χ3n) is 4.37. The summed E-state index contributed by atoms with van der Waals surface area (Å²) in [4.78, 5) is 15.4. The molecule has 1 fully saturated rings. The zero-order valence-corrected chi connectivity index (χ0v) is 16.3. The molecule has 0 saturated heterocycles. The average Bonchev–Trinajstić information content (AvgIpc) is 3.31. The van der Waals surface area contributed by atoms with Crippen molar-refractivity contribution >= 4 is 29.0 Å². The Bertz CT molecular complexity index is 651. The normalized spacial score (nSPS) is 15.4. The van der Waals surface area contributed by atoms with Crippen molar-refractivity contribution < 1.29 is 9.21 Å². The van der Waals surface area contributed by atoms with Gasteiger partial charge in [0.1, 0.15) is 0 Å². The topological polar surface area (TPSA) is 59.2 Å². The fourth-order valence-electron chi connectivity index (χ4n) is 3.05. The highest BCUT2D eigenvalue weighted by Gasteiger charge is 2.20. The summed E-state index contributed by atoms with van der Waals surface area (Å²) in [6.07, 6.45) is 7.37. The highest BCUT2D eigenvalue weighted by Crippen LogP contribution is 2.28. The lowest BCUT2D eigenvalue weighted by molar-refractivity contribution is -0.129. The molecule has 1 amide bonds. The number of rotatable bonds is 8. The van der Waals surface area contributed by atoms with Crippen LogP contribution in [-0.4, -0.2) is 38.6 Å². The van der Waals surface area contributed by atoms with Crippen molar-refractivity contribution in [2.75, 3.05) is 12.3 Å². The Labute approximate surface area is 157 Å². The van der Waals surface area contributed by atoms with Gasteiger partial charge in [0.05, 0.1) is 17.2 Å². The van der Waals surface area contributed by atoms with Crippen LogP contribution in [0.25, 0.3) is 10.8 Å². The number of thioether (sulfide) groups is 1. The Morgan fingerprint density at radius 1 is 1.36 bits per heavy atom. The van der Waals surface area contributed by atoms with E-state index in [1.165, 1.54) is 32.1 Å². The predicted molar refractivity (Wildman–Crippen MR) is 103 cm³/mol. The van der Waals surface area contributed by atoms with Gasteiger partial charge in [-0.05, 0) is 30.7 Å². The molecular formula is C18H25N3O2S2. The Kier molecular flexibility index (Phi) is 6.93. The molecular weight excluding hydrogens is 354 g/mol. The smallest absolute Gasteiger partial charge is 0.257 e. The molecule has 136 valence electrons. The van der Waals surface area contributed by atoms with Crippen LogP contribution in [0.1, 0.15) is 51.3 Å². The molecule has 1 aliphatic rings. The highest BCUT2D eigenvalue weighted by molar-refractivity contribution is 8.00. The lowest BCUT2D eigenvalue weighted by Gasteiger charge is -2.24. The van der Waals surface area contributed by atoms with E-state index < -0.39 is 0 Å². The number of amides is 1. The minimum Gasteiger partial charge on any atom is -0.418 e. The second-order valence-corrected chi connectivity index (χ2v) is 8.60. The van der Waals surface area contributed by atoms with Gasteiger partial charge in [-0.3, -0.25) is 4.79 Å². The monoisotopic (exact) mass is 379 g/mol. The van der Waals surface area contributed by atoms with Crippen molar-refractivity contribution in [3.63, 3.8) is 0 Å². The van der Waals surface area contributed by atoms with E-state index in [2.05, 4.69) is 17.1 Å². The molecule has 3 rings (SSSR count). The minimum atomic E-state index is 0.174. The summed E-state index contributed by atoms with van der Waals surface area (Å²) in [5.74, 6) is 1.77. The third-order valence-corrected chi connectivity index (χ3v) is 6.58. The zero-order valence-electron chi connectivity index (χ0n) is 14.6. The maximum atomic E-state index is 12.6. The SMILES string of the molecule is CCCN(Cc1nnc(-c2cccs2)o1)C(=O)CSC1CCCCC1. The van der Waals surface area contributed by atoms with E-state index in [4.69, 9.17) is 4.42 Å². The second kappa shape index (κ2) is 9.38. The summed E-state index contributed by atoms with van der Waals surface area (Å²) in [5.41, 5.74) is 0. The fraction of sp³-hybridized carbons (Fsp3) is 0.611. The molecule has 0 atom stereocenters. The number of hydrogen-bond acceptors (Lipinski definition) is 6. The molecule has 0 unspecified atom stereocenters. The van der Waals surface area contributed by atoms with Crippen LogP contribution >= 0.6 is 23.1 Å². The largest absolute Gasteiger partial charge is 0.418 e. The van der Waals surface area contributed by atoms with Crippen molar-refractivity contribution in [3.05, 3.63) is 23.4 Å². The van der Waals surface area contributed by atoms with Gasteiger partial charge in [0.15, 0.2) is 0 Å². The van der Waals surface area contributed by atoms with E-state index in [1.807, 2.05) is 34.2 Å². The van der Waals surface area contributed by atoms with Crippen LogP contribution in [0.4, 0.5) is 0 Å². The first-order chi connectivity index (χ1) is 12.3. The van der Waals surface area contributed by atoms with Gasteiger partial charge in [-0.1, -0.05) is 32.3 Å². The Morgan fingerprint density at radius 3 is 2.92 bits per heavy atom. The van der Waals surface area contributed by atoms with E-state index in [1.54, 1.807) is 11.3 Å². The van der Waals surface area contributed by atoms with E-state index >= 15 is 0 Å². The van der Waals surface area contributed by atoms with E-state index in [9.17, 15) is 4.79 Å². The first kappa shape index (κ1) is 18.5.